The van der Waals surface area contributed by atoms with Gasteiger partial charge in [0.2, 0.25) is 0 Å². The number of carbonyl (C=O) groups excluding carboxylic acids is 2. The fourth-order valence-corrected chi connectivity index (χ4v) is 2.83. The van der Waals surface area contributed by atoms with Gasteiger partial charge in [0.15, 0.2) is 6.61 Å². The molecule has 1 N–H and O–H groups in total. The molecule has 0 saturated heterocycles. The van der Waals surface area contributed by atoms with E-state index in [9.17, 15) is 9.59 Å². The molecule has 3 rings (SSSR count). The van der Waals surface area contributed by atoms with Crippen molar-refractivity contribution in [3.8, 4) is 11.3 Å². The number of hydrogen-bond acceptors (Lipinski definition) is 5. The Morgan fingerprint density at radius 3 is 2.39 bits per heavy atom. The predicted molar refractivity (Wildman–Crippen MR) is 105 cm³/mol. The van der Waals surface area contributed by atoms with Gasteiger partial charge in [-0.3, -0.25) is 4.79 Å². The number of ether oxygens (including phenoxy) is 1. The van der Waals surface area contributed by atoms with Crippen molar-refractivity contribution < 1.29 is 18.8 Å². The minimum Gasteiger partial charge on any atom is -0.452 e. The van der Waals surface area contributed by atoms with Gasteiger partial charge in [-0.25, -0.2) is 4.79 Å². The molecule has 0 radical (unpaired) electrons. The Bertz CT molecular complexity index is 936. The summed E-state index contributed by atoms with van der Waals surface area (Å²) in [6, 6.07) is 19.1. The van der Waals surface area contributed by atoms with E-state index in [1.165, 1.54) is 0 Å². The van der Waals surface area contributed by atoms with Crippen LogP contribution in [0.2, 0.25) is 0 Å². The number of rotatable bonds is 7. The van der Waals surface area contributed by atoms with Gasteiger partial charge in [-0.05, 0) is 18.4 Å². The van der Waals surface area contributed by atoms with E-state index >= 15 is 0 Å². The normalized spacial score (nSPS) is 11.6. The molecule has 2 aromatic carbocycles. The van der Waals surface area contributed by atoms with Crippen LogP contribution in [0.4, 0.5) is 0 Å². The van der Waals surface area contributed by atoms with Gasteiger partial charge >= 0.3 is 5.97 Å². The quantitative estimate of drug-likeness (QED) is 0.634. The summed E-state index contributed by atoms with van der Waals surface area (Å²) in [6.07, 6.45) is 0. The van der Waals surface area contributed by atoms with Crippen LogP contribution in [0.15, 0.2) is 65.2 Å². The number of esters is 1. The zero-order chi connectivity index (χ0) is 19.9. The van der Waals surface area contributed by atoms with Crippen LogP contribution >= 0.6 is 0 Å². The molecule has 0 fully saturated rings. The summed E-state index contributed by atoms with van der Waals surface area (Å²) in [5.41, 5.74) is 2.51. The van der Waals surface area contributed by atoms with Crippen LogP contribution in [-0.4, -0.2) is 30.2 Å². The Balaban J connectivity index is 1.56. The summed E-state index contributed by atoms with van der Waals surface area (Å²) in [6.45, 7) is 3.76. The van der Waals surface area contributed by atoms with Crippen molar-refractivity contribution in [1.82, 2.24) is 10.5 Å². The second-order valence-electron chi connectivity index (χ2n) is 6.52. The summed E-state index contributed by atoms with van der Waals surface area (Å²) in [5.74, 6) is -0.483. The van der Waals surface area contributed by atoms with Gasteiger partial charge in [-0.15, -0.1) is 0 Å². The molecule has 0 aliphatic rings. The predicted octanol–water partition coefficient (Wildman–Crippen LogP) is 3.73. The lowest BCUT2D eigenvalue weighted by Crippen LogP contribution is -2.31. The molecule has 1 unspecified atom stereocenters. The number of aromatic nitrogens is 1. The average Bonchev–Trinajstić information content (AvgIpc) is 3.13. The van der Waals surface area contributed by atoms with E-state index in [1.54, 1.807) is 6.92 Å². The van der Waals surface area contributed by atoms with E-state index in [0.29, 0.717) is 18.0 Å². The van der Waals surface area contributed by atoms with Crippen LogP contribution in [0, 0.1) is 6.92 Å². The SMILES string of the molecule is Cc1onc(-c2ccccc2)c1C(=O)OCC(=O)NCC(C)c1ccccc1. The number of aryl methyl sites for hydroxylation is 1. The van der Waals surface area contributed by atoms with Gasteiger partial charge in [0.05, 0.1) is 0 Å². The minimum atomic E-state index is -0.635. The van der Waals surface area contributed by atoms with E-state index in [4.69, 9.17) is 9.26 Å². The van der Waals surface area contributed by atoms with Gasteiger partial charge in [-0.2, -0.15) is 0 Å². The second kappa shape index (κ2) is 8.99. The lowest BCUT2D eigenvalue weighted by atomic mass is 10.0. The maximum atomic E-state index is 12.5. The molecular weight excluding hydrogens is 356 g/mol. The van der Waals surface area contributed by atoms with Crippen molar-refractivity contribution in [3.63, 3.8) is 0 Å². The standard InChI is InChI=1S/C22H22N2O4/c1-15(17-9-5-3-6-10-17)13-23-19(25)14-27-22(26)20-16(2)28-24-21(20)18-11-7-4-8-12-18/h3-12,15H,13-14H2,1-2H3,(H,23,25). The van der Waals surface area contributed by atoms with Crippen LogP contribution in [0.3, 0.4) is 0 Å². The van der Waals surface area contributed by atoms with E-state index in [1.807, 2.05) is 67.6 Å². The number of nitrogens with one attached hydrogen (secondary N) is 1. The molecule has 0 bridgehead atoms. The number of nitrogens with zero attached hydrogens (tertiary/aromatic N) is 1. The summed E-state index contributed by atoms with van der Waals surface area (Å²) >= 11 is 0. The smallest absolute Gasteiger partial charge is 0.344 e. The third kappa shape index (κ3) is 4.65. The lowest BCUT2D eigenvalue weighted by Gasteiger charge is -2.13. The first kappa shape index (κ1) is 19.4. The molecule has 1 atom stereocenters. The number of hydrogen-bond donors (Lipinski definition) is 1. The first-order valence-corrected chi connectivity index (χ1v) is 9.06. The summed E-state index contributed by atoms with van der Waals surface area (Å²) < 4.78 is 10.3. The highest BCUT2D eigenvalue weighted by atomic mass is 16.5. The highest BCUT2D eigenvalue weighted by molar-refractivity contribution is 5.98. The van der Waals surface area contributed by atoms with E-state index in [0.717, 1.165) is 11.1 Å². The van der Waals surface area contributed by atoms with Gasteiger partial charge in [0, 0.05) is 12.1 Å². The molecule has 28 heavy (non-hydrogen) atoms. The van der Waals surface area contributed by atoms with Crippen molar-refractivity contribution in [2.75, 3.05) is 13.2 Å². The Labute approximate surface area is 163 Å². The fourth-order valence-electron chi connectivity index (χ4n) is 2.83. The van der Waals surface area contributed by atoms with Gasteiger partial charge in [0.1, 0.15) is 17.0 Å². The third-order valence-electron chi connectivity index (χ3n) is 4.42. The van der Waals surface area contributed by atoms with E-state index < -0.39 is 5.97 Å². The Morgan fingerprint density at radius 1 is 1.07 bits per heavy atom. The molecule has 1 aromatic heterocycles. The van der Waals surface area contributed by atoms with Crippen LogP contribution in [0.5, 0.6) is 0 Å². The number of amides is 1. The summed E-state index contributed by atoms with van der Waals surface area (Å²) in [5, 5.41) is 6.74. The van der Waals surface area contributed by atoms with Gasteiger partial charge < -0.3 is 14.6 Å². The number of benzene rings is 2. The Kier molecular flexibility index (Phi) is 6.22. The minimum absolute atomic E-state index is 0.158. The molecular formula is C22H22N2O4. The highest BCUT2D eigenvalue weighted by Gasteiger charge is 2.23. The largest absolute Gasteiger partial charge is 0.452 e. The molecule has 1 amide bonds. The lowest BCUT2D eigenvalue weighted by molar-refractivity contribution is -0.124. The molecule has 0 aliphatic carbocycles. The number of carbonyl (C=O) groups is 2. The summed E-state index contributed by atoms with van der Waals surface area (Å²) in [4.78, 5) is 24.5. The van der Waals surface area contributed by atoms with Crippen molar-refractivity contribution in [1.29, 1.82) is 0 Å². The Morgan fingerprint density at radius 2 is 1.71 bits per heavy atom. The monoisotopic (exact) mass is 378 g/mol. The molecule has 3 aromatic rings. The molecule has 0 saturated carbocycles. The zero-order valence-corrected chi connectivity index (χ0v) is 15.8. The van der Waals surface area contributed by atoms with Crippen LogP contribution in [0.25, 0.3) is 11.3 Å². The van der Waals surface area contributed by atoms with Crippen molar-refractivity contribution in [2.24, 2.45) is 0 Å². The van der Waals surface area contributed by atoms with Crippen molar-refractivity contribution >= 4 is 11.9 Å². The molecule has 0 spiro atoms. The molecule has 0 aliphatic heterocycles. The fraction of sp³-hybridized carbons (Fsp3) is 0.227. The highest BCUT2D eigenvalue weighted by Crippen LogP contribution is 2.25. The maximum Gasteiger partial charge on any atom is 0.344 e. The van der Waals surface area contributed by atoms with Crippen molar-refractivity contribution in [3.05, 3.63) is 77.6 Å². The van der Waals surface area contributed by atoms with E-state index in [2.05, 4.69) is 10.5 Å². The third-order valence-corrected chi connectivity index (χ3v) is 4.42. The molecule has 144 valence electrons. The molecule has 6 heteroatoms. The van der Waals surface area contributed by atoms with Gasteiger partial charge in [0.25, 0.3) is 5.91 Å². The topological polar surface area (TPSA) is 81.4 Å². The van der Waals surface area contributed by atoms with Crippen LogP contribution < -0.4 is 5.32 Å². The van der Waals surface area contributed by atoms with Crippen LogP contribution in [0.1, 0.15) is 34.5 Å². The molecule has 1 heterocycles. The maximum absolute atomic E-state index is 12.5. The van der Waals surface area contributed by atoms with Crippen LogP contribution in [-0.2, 0) is 9.53 Å². The first-order valence-electron chi connectivity index (χ1n) is 9.06. The first-order chi connectivity index (χ1) is 13.6. The van der Waals surface area contributed by atoms with E-state index in [-0.39, 0.29) is 24.0 Å². The average molecular weight is 378 g/mol. The molecule has 6 nitrogen and oxygen atoms in total. The zero-order valence-electron chi connectivity index (χ0n) is 15.8. The summed E-state index contributed by atoms with van der Waals surface area (Å²) in [7, 11) is 0. The Hall–Kier alpha value is -3.41. The van der Waals surface area contributed by atoms with Gasteiger partial charge in [-0.1, -0.05) is 72.7 Å². The second-order valence-corrected chi connectivity index (χ2v) is 6.52. The van der Waals surface area contributed by atoms with Crippen molar-refractivity contribution in [2.45, 2.75) is 19.8 Å².